The Labute approximate surface area is 119 Å². The monoisotopic (exact) mass is 279 g/mol. The normalized spacial score (nSPS) is 31.2. The van der Waals surface area contributed by atoms with Crippen molar-refractivity contribution in [3.8, 4) is 0 Å². The number of rotatable bonds is 4. The lowest BCUT2D eigenvalue weighted by Gasteiger charge is -2.28. The molecule has 1 saturated carbocycles. The van der Waals surface area contributed by atoms with Gasteiger partial charge in [-0.1, -0.05) is 30.3 Å². The molecule has 0 amide bonds. The molecule has 0 radical (unpaired) electrons. The van der Waals surface area contributed by atoms with Crippen LogP contribution in [0.2, 0.25) is 0 Å². The van der Waals surface area contributed by atoms with Gasteiger partial charge in [-0.15, -0.1) is 0 Å². The molecule has 3 atom stereocenters. The first kappa shape index (κ1) is 12.9. The Kier molecular flexibility index (Phi) is 4.55. The summed E-state index contributed by atoms with van der Waals surface area (Å²) in [7, 11) is 0. The standard InChI is InChI=1S/C15H21NS2/c1-2-4-12(5-3-1)8-9-16-13-6-7-14-15(13)18-11-10-17-14/h1-5,13-16H,6-11H2/t13-,14-,15+/m1/s1. The van der Waals surface area contributed by atoms with Crippen LogP contribution in [0.1, 0.15) is 18.4 Å². The SMILES string of the molecule is c1ccc(CCN[C@@H]2CC[C@H]3SCCS[C@@H]23)cc1. The van der Waals surface area contributed by atoms with E-state index in [0.717, 1.165) is 29.5 Å². The van der Waals surface area contributed by atoms with Crippen molar-refractivity contribution in [1.82, 2.24) is 5.32 Å². The van der Waals surface area contributed by atoms with Gasteiger partial charge in [0.15, 0.2) is 0 Å². The fourth-order valence-corrected chi connectivity index (χ4v) is 6.30. The van der Waals surface area contributed by atoms with E-state index in [1.807, 2.05) is 0 Å². The molecule has 1 saturated heterocycles. The van der Waals surface area contributed by atoms with Gasteiger partial charge in [0.1, 0.15) is 0 Å². The summed E-state index contributed by atoms with van der Waals surface area (Å²) in [5, 5.41) is 5.60. The van der Waals surface area contributed by atoms with Gasteiger partial charge in [0.25, 0.3) is 0 Å². The number of thioether (sulfide) groups is 2. The Morgan fingerprint density at radius 1 is 1.06 bits per heavy atom. The van der Waals surface area contributed by atoms with E-state index in [0.29, 0.717) is 0 Å². The second kappa shape index (κ2) is 6.36. The third-order valence-electron chi connectivity index (χ3n) is 3.91. The quantitative estimate of drug-likeness (QED) is 0.909. The highest BCUT2D eigenvalue weighted by Crippen LogP contribution is 2.41. The minimum absolute atomic E-state index is 0.761. The molecule has 1 N–H and O–H groups in total. The number of hydrogen-bond donors (Lipinski definition) is 1. The molecule has 0 aromatic heterocycles. The van der Waals surface area contributed by atoms with Gasteiger partial charge in [-0.25, -0.2) is 0 Å². The van der Waals surface area contributed by atoms with Crippen molar-refractivity contribution < 1.29 is 0 Å². The number of nitrogens with one attached hydrogen (secondary N) is 1. The van der Waals surface area contributed by atoms with Crippen LogP contribution in [0.5, 0.6) is 0 Å². The molecule has 1 aromatic rings. The third kappa shape index (κ3) is 3.06. The summed E-state index contributed by atoms with van der Waals surface area (Å²) >= 11 is 4.41. The number of hydrogen-bond acceptors (Lipinski definition) is 3. The molecule has 3 rings (SSSR count). The Balaban J connectivity index is 1.46. The van der Waals surface area contributed by atoms with Crippen LogP contribution in [0.4, 0.5) is 0 Å². The van der Waals surface area contributed by atoms with E-state index in [1.165, 1.54) is 29.9 Å². The highest BCUT2D eigenvalue weighted by atomic mass is 32.2. The average Bonchev–Trinajstić information content (AvgIpc) is 2.84. The molecule has 1 aromatic carbocycles. The average molecular weight is 279 g/mol. The highest BCUT2D eigenvalue weighted by Gasteiger charge is 2.38. The van der Waals surface area contributed by atoms with Crippen LogP contribution in [0.3, 0.4) is 0 Å². The summed E-state index contributed by atoms with van der Waals surface area (Å²) in [4.78, 5) is 0. The van der Waals surface area contributed by atoms with Gasteiger partial charge in [-0.05, 0) is 31.4 Å². The van der Waals surface area contributed by atoms with Crippen LogP contribution in [0.15, 0.2) is 30.3 Å². The van der Waals surface area contributed by atoms with Gasteiger partial charge in [-0.3, -0.25) is 0 Å². The Bertz CT molecular complexity index is 368. The van der Waals surface area contributed by atoms with Gasteiger partial charge in [0, 0.05) is 28.0 Å². The van der Waals surface area contributed by atoms with E-state index in [4.69, 9.17) is 0 Å². The number of fused-ring (bicyclic) bond motifs is 1. The zero-order chi connectivity index (χ0) is 12.2. The zero-order valence-electron chi connectivity index (χ0n) is 10.7. The minimum Gasteiger partial charge on any atom is -0.313 e. The van der Waals surface area contributed by atoms with Crippen molar-refractivity contribution in [3.05, 3.63) is 35.9 Å². The first-order chi connectivity index (χ1) is 8.93. The molecule has 98 valence electrons. The summed E-state index contributed by atoms with van der Waals surface area (Å²) in [6.07, 6.45) is 3.96. The second-order valence-electron chi connectivity index (χ2n) is 5.12. The van der Waals surface area contributed by atoms with Crippen molar-refractivity contribution in [2.45, 2.75) is 35.8 Å². The molecule has 2 fully saturated rings. The first-order valence-electron chi connectivity index (χ1n) is 6.94. The molecule has 0 unspecified atom stereocenters. The van der Waals surface area contributed by atoms with E-state index in [2.05, 4.69) is 59.2 Å². The lowest BCUT2D eigenvalue weighted by molar-refractivity contribution is 0.536. The Hall–Kier alpha value is -0.120. The summed E-state index contributed by atoms with van der Waals surface area (Å²) in [5.41, 5.74) is 1.45. The fraction of sp³-hybridized carbons (Fsp3) is 0.600. The van der Waals surface area contributed by atoms with Gasteiger partial charge in [0.2, 0.25) is 0 Å². The van der Waals surface area contributed by atoms with Gasteiger partial charge >= 0.3 is 0 Å². The van der Waals surface area contributed by atoms with E-state index in [9.17, 15) is 0 Å². The van der Waals surface area contributed by atoms with Crippen molar-refractivity contribution in [2.24, 2.45) is 0 Å². The van der Waals surface area contributed by atoms with E-state index < -0.39 is 0 Å². The molecular formula is C15H21NS2. The van der Waals surface area contributed by atoms with E-state index in [-0.39, 0.29) is 0 Å². The lowest BCUT2D eigenvalue weighted by atomic mass is 10.1. The first-order valence-corrected chi connectivity index (χ1v) is 9.04. The van der Waals surface area contributed by atoms with Crippen LogP contribution < -0.4 is 5.32 Å². The second-order valence-corrected chi connectivity index (χ2v) is 7.75. The summed E-state index contributed by atoms with van der Waals surface area (Å²) in [6, 6.07) is 11.6. The van der Waals surface area contributed by atoms with Crippen LogP contribution in [0.25, 0.3) is 0 Å². The molecule has 18 heavy (non-hydrogen) atoms. The molecular weight excluding hydrogens is 258 g/mol. The van der Waals surface area contributed by atoms with Crippen LogP contribution in [0, 0.1) is 0 Å². The van der Waals surface area contributed by atoms with E-state index >= 15 is 0 Å². The molecule has 3 heteroatoms. The Morgan fingerprint density at radius 3 is 2.78 bits per heavy atom. The molecule has 0 bridgehead atoms. The summed E-state index contributed by atoms with van der Waals surface area (Å²) < 4.78 is 0. The molecule has 0 spiro atoms. The summed E-state index contributed by atoms with van der Waals surface area (Å²) in [5.74, 6) is 2.71. The maximum absolute atomic E-state index is 3.80. The van der Waals surface area contributed by atoms with Crippen LogP contribution >= 0.6 is 23.5 Å². The van der Waals surface area contributed by atoms with Gasteiger partial charge in [-0.2, -0.15) is 23.5 Å². The van der Waals surface area contributed by atoms with Crippen LogP contribution in [-0.4, -0.2) is 34.6 Å². The smallest absolute Gasteiger partial charge is 0.0320 e. The van der Waals surface area contributed by atoms with Crippen molar-refractivity contribution in [2.75, 3.05) is 18.1 Å². The van der Waals surface area contributed by atoms with Gasteiger partial charge in [0.05, 0.1) is 0 Å². The molecule has 1 nitrogen and oxygen atoms in total. The predicted molar refractivity (Wildman–Crippen MR) is 83.7 cm³/mol. The number of benzene rings is 1. The molecule has 2 aliphatic rings. The minimum atomic E-state index is 0.761. The molecule has 1 heterocycles. The topological polar surface area (TPSA) is 12.0 Å². The van der Waals surface area contributed by atoms with Crippen LogP contribution in [-0.2, 0) is 6.42 Å². The van der Waals surface area contributed by atoms with E-state index in [1.54, 1.807) is 0 Å². The predicted octanol–water partition coefficient (Wildman–Crippen LogP) is 3.20. The maximum Gasteiger partial charge on any atom is 0.0320 e. The van der Waals surface area contributed by atoms with Gasteiger partial charge < -0.3 is 5.32 Å². The maximum atomic E-state index is 3.80. The lowest BCUT2D eigenvalue weighted by Crippen LogP contribution is -2.39. The summed E-state index contributed by atoms with van der Waals surface area (Å²) in [6.45, 7) is 1.13. The Morgan fingerprint density at radius 2 is 1.89 bits per heavy atom. The largest absolute Gasteiger partial charge is 0.313 e. The van der Waals surface area contributed by atoms with Crippen molar-refractivity contribution in [1.29, 1.82) is 0 Å². The highest BCUT2D eigenvalue weighted by molar-refractivity contribution is 8.07. The van der Waals surface area contributed by atoms with Crippen molar-refractivity contribution in [3.63, 3.8) is 0 Å². The third-order valence-corrected chi connectivity index (χ3v) is 7.22. The zero-order valence-corrected chi connectivity index (χ0v) is 12.3. The van der Waals surface area contributed by atoms with Crippen molar-refractivity contribution >= 4 is 23.5 Å². The fourth-order valence-electron chi connectivity index (χ4n) is 2.98. The molecule has 1 aliphatic carbocycles. The molecule has 1 aliphatic heterocycles.